The highest BCUT2D eigenvalue weighted by molar-refractivity contribution is 5.90. The molecule has 1 aliphatic carbocycles. The standard InChI is InChI=1S/C21H20FNO2/c1-2-25-21(24)13-10-11-19-17(12-13)14-7-5-8-15(14)20(23-19)16-6-3-4-9-18(16)22/h3-7,9-12,14-15,20,23H,2,8H2,1H3/t14-,15+,20+/m1/s1. The van der Waals surface area contributed by atoms with Crippen LogP contribution in [0.1, 0.15) is 46.8 Å². The van der Waals surface area contributed by atoms with E-state index in [0.717, 1.165) is 17.7 Å². The molecule has 0 saturated carbocycles. The zero-order valence-corrected chi connectivity index (χ0v) is 14.0. The first-order valence-corrected chi connectivity index (χ1v) is 8.67. The van der Waals surface area contributed by atoms with Crippen LogP contribution in [0.4, 0.5) is 10.1 Å². The molecule has 1 heterocycles. The van der Waals surface area contributed by atoms with Crippen LogP contribution in [0, 0.1) is 11.7 Å². The van der Waals surface area contributed by atoms with E-state index in [0.29, 0.717) is 17.7 Å². The van der Waals surface area contributed by atoms with Gasteiger partial charge in [0.2, 0.25) is 0 Å². The number of carbonyl (C=O) groups excluding carboxylic acids is 1. The number of ether oxygens (including phenoxy) is 1. The maximum Gasteiger partial charge on any atom is 0.338 e. The van der Waals surface area contributed by atoms with Gasteiger partial charge in [-0.15, -0.1) is 0 Å². The maximum atomic E-state index is 14.3. The predicted molar refractivity (Wildman–Crippen MR) is 95.2 cm³/mol. The molecule has 2 aliphatic rings. The van der Waals surface area contributed by atoms with Crippen LogP contribution in [0.25, 0.3) is 0 Å². The molecule has 1 N–H and O–H groups in total. The second-order valence-electron chi connectivity index (χ2n) is 6.52. The van der Waals surface area contributed by atoms with E-state index in [1.54, 1.807) is 19.1 Å². The Morgan fingerprint density at radius 1 is 1.24 bits per heavy atom. The summed E-state index contributed by atoms with van der Waals surface area (Å²) in [6, 6.07) is 12.4. The van der Waals surface area contributed by atoms with Crippen molar-refractivity contribution in [1.82, 2.24) is 0 Å². The highest BCUT2D eigenvalue weighted by Gasteiger charge is 2.39. The monoisotopic (exact) mass is 337 g/mol. The van der Waals surface area contributed by atoms with Crippen LogP contribution in [-0.2, 0) is 4.74 Å². The molecule has 4 rings (SSSR count). The van der Waals surface area contributed by atoms with Crippen molar-refractivity contribution >= 4 is 11.7 Å². The molecule has 0 bridgehead atoms. The van der Waals surface area contributed by atoms with Gasteiger partial charge in [0.1, 0.15) is 5.82 Å². The predicted octanol–water partition coefficient (Wildman–Crippen LogP) is 4.83. The summed E-state index contributed by atoms with van der Waals surface area (Å²) in [6.07, 6.45) is 5.21. The Morgan fingerprint density at radius 2 is 2.08 bits per heavy atom. The third-order valence-electron chi connectivity index (χ3n) is 5.11. The van der Waals surface area contributed by atoms with Crippen LogP contribution in [-0.4, -0.2) is 12.6 Å². The number of nitrogens with one attached hydrogen (secondary N) is 1. The van der Waals surface area contributed by atoms with E-state index in [1.807, 2.05) is 24.3 Å². The molecule has 0 saturated heterocycles. The van der Waals surface area contributed by atoms with Crippen molar-refractivity contribution in [2.45, 2.75) is 25.3 Å². The topological polar surface area (TPSA) is 38.3 Å². The van der Waals surface area contributed by atoms with Crippen molar-refractivity contribution in [3.8, 4) is 0 Å². The zero-order chi connectivity index (χ0) is 17.4. The minimum atomic E-state index is -0.306. The summed E-state index contributed by atoms with van der Waals surface area (Å²) in [6.45, 7) is 2.15. The Hall–Kier alpha value is -2.62. The molecule has 0 unspecified atom stereocenters. The highest BCUT2D eigenvalue weighted by atomic mass is 19.1. The minimum absolute atomic E-state index is 0.0813. The number of esters is 1. The number of benzene rings is 2. The maximum absolute atomic E-state index is 14.3. The second-order valence-corrected chi connectivity index (χ2v) is 6.52. The number of allylic oxidation sites excluding steroid dienone is 2. The van der Waals surface area contributed by atoms with Gasteiger partial charge in [-0.05, 0) is 49.1 Å². The Bertz CT molecular complexity index is 846. The van der Waals surface area contributed by atoms with Crippen molar-refractivity contribution in [2.24, 2.45) is 5.92 Å². The van der Waals surface area contributed by atoms with Crippen molar-refractivity contribution in [3.63, 3.8) is 0 Å². The fourth-order valence-electron chi connectivity index (χ4n) is 3.97. The lowest BCUT2D eigenvalue weighted by molar-refractivity contribution is 0.0526. The van der Waals surface area contributed by atoms with Crippen molar-refractivity contribution < 1.29 is 13.9 Å². The molecule has 3 nitrogen and oxygen atoms in total. The van der Waals surface area contributed by atoms with E-state index in [2.05, 4.69) is 17.5 Å². The lowest BCUT2D eigenvalue weighted by Crippen LogP contribution is -2.30. The molecule has 0 aromatic heterocycles. The summed E-state index contributed by atoms with van der Waals surface area (Å²) in [5.41, 5.74) is 3.29. The van der Waals surface area contributed by atoms with Crippen LogP contribution >= 0.6 is 0 Å². The molecule has 2 aromatic carbocycles. The van der Waals surface area contributed by atoms with E-state index in [1.165, 1.54) is 6.07 Å². The SMILES string of the molecule is CCOC(=O)c1ccc2c(c1)[C@@H]1C=CC[C@@H]1[C@@H](c1ccccc1F)N2. The fraction of sp³-hybridized carbons (Fsp3) is 0.286. The molecule has 2 aromatic rings. The molecule has 1 aliphatic heterocycles. The molecule has 0 amide bonds. The fourth-order valence-corrected chi connectivity index (χ4v) is 3.97. The second kappa shape index (κ2) is 6.36. The van der Waals surface area contributed by atoms with E-state index < -0.39 is 0 Å². The van der Waals surface area contributed by atoms with Crippen LogP contribution in [0.5, 0.6) is 0 Å². The van der Waals surface area contributed by atoms with Crippen molar-refractivity contribution in [3.05, 3.63) is 77.1 Å². The largest absolute Gasteiger partial charge is 0.462 e. The van der Waals surface area contributed by atoms with Crippen LogP contribution in [0.2, 0.25) is 0 Å². The van der Waals surface area contributed by atoms with Crippen LogP contribution in [0.3, 0.4) is 0 Å². The number of hydrogen-bond acceptors (Lipinski definition) is 3. The number of hydrogen-bond donors (Lipinski definition) is 1. The van der Waals surface area contributed by atoms with Crippen LogP contribution < -0.4 is 5.32 Å². The first kappa shape index (κ1) is 15.9. The van der Waals surface area contributed by atoms with Gasteiger partial charge in [-0.3, -0.25) is 0 Å². The summed E-state index contributed by atoms with van der Waals surface area (Å²) in [7, 11) is 0. The zero-order valence-electron chi connectivity index (χ0n) is 14.0. The molecular formula is C21H20FNO2. The lowest BCUT2D eigenvalue weighted by Gasteiger charge is -2.37. The molecule has 3 atom stereocenters. The lowest BCUT2D eigenvalue weighted by atomic mass is 9.76. The smallest absolute Gasteiger partial charge is 0.338 e. The number of rotatable bonds is 3. The van der Waals surface area contributed by atoms with Gasteiger partial charge in [0.15, 0.2) is 0 Å². The van der Waals surface area contributed by atoms with Gasteiger partial charge in [0.05, 0.1) is 18.2 Å². The first-order chi connectivity index (χ1) is 12.2. The van der Waals surface area contributed by atoms with Gasteiger partial charge in [-0.2, -0.15) is 0 Å². The quantitative estimate of drug-likeness (QED) is 0.644. The van der Waals surface area contributed by atoms with E-state index in [4.69, 9.17) is 4.74 Å². The Morgan fingerprint density at radius 3 is 2.88 bits per heavy atom. The third-order valence-corrected chi connectivity index (χ3v) is 5.11. The van der Waals surface area contributed by atoms with Crippen molar-refractivity contribution in [2.75, 3.05) is 11.9 Å². The number of carbonyl (C=O) groups is 1. The summed E-state index contributed by atoms with van der Waals surface area (Å²) >= 11 is 0. The van der Waals surface area contributed by atoms with Gasteiger partial charge in [-0.25, -0.2) is 9.18 Å². The molecule has 128 valence electrons. The number of halogens is 1. The minimum Gasteiger partial charge on any atom is -0.462 e. The molecular weight excluding hydrogens is 317 g/mol. The average Bonchev–Trinajstić information content (AvgIpc) is 3.11. The summed E-state index contributed by atoms with van der Waals surface area (Å²) in [4.78, 5) is 12.0. The van der Waals surface area contributed by atoms with Gasteiger partial charge in [-0.1, -0.05) is 30.4 Å². The summed E-state index contributed by atoms with van der Waals surface area (Å²) in [5.74, 6) is -0.0747. The molecule has 25 heavy (non-hydrogen) atoms. The molecule has 0 radical (unpaired) electrons. The summed E-state index contributed by atoms with van der Waals surface area (Å²) in [5, 5.41) is 3.49. The Labute approximate surface area is 146 Å². The summed E-state index contributed by atoms with van der Waals surface area (Å²) < 4.78 is 19.4. The average molecular weight is 337 g/mol. The van der Waals surface area contributed by atoms with Crippen molar-refractivity contribution in [1.29, 1.82) is 0 Å². The molecule has 0 spiro atoms. The third kappa shape index (κ3) is 2.72. The van der Waals surface area contributed by atoms with E-state index in [9.17, 15) is 9.18 Å². The molecule has 0 fully saturated rings. The van der Waals surface area contributed by atoms with Gasteiger partial charge in [0, 0.05) is 17.2 Å². The van der Waals surface area contributed by atoms with Gasteiger partial charge in [0.25, 0.3) is 0 Å². The Kier molecular flexibility index (Phi) is 4.04. The number of anilines is 1. The van der Waals surface area contributed by atoms with E-state index >= 15 is 0 Å². The van der Waals surface area contributed by atoms with Crippen LogP contribution in [0.15, 0.2) is 54.6 Å². The van der Waals surface area contributed by atoms with E-state index in [-0.39, 0.29) is 29.7 Å². The Balaban J connectivity index is 1.74. The molecule has 4 heteroatoms. The normalized spacial score (nSPS) is 23.5. The number of fused-ring (bicyclic) bond motifs is 3. The van der Waals surface area contributed by atoms with Gasteiger partial charge >= 0.3 is 5.97 Å². The first-order valence-electron chi connectivity index (χ1n) is 8.67. The highest BCUT2D eigenvalue weighted by Crippen LogP contribution is 2.50. The van der Waals surface area contributed by atoms with Gasteiger partial charge < -0.3 is 10.1 Å².